The van der Waals surface area contributed by atoms with Crippen molar-refractivity contribution >= 4 is 53.6 Å². The Labute approximate surface area is 168 Å². The fourth-order valence-electron chi connectivity index (χ4n) is 2.76. The Hall–Kier alpha value is -1.81. The molecule has 0 aliphatic heterocycles. The van der Waals surface area contributed by atoms with Gasteiger partial charge in [-0.3, -0.25) is 13.5 Å². The van der Waals surface area contributed by atoms with Gasteiger partial charge in [-0.25, -0.2) is 8.42 Å². The number of pyridine rings is 1. The van der Waals surface area contributed by atoms with E-state index >= 15 is 0 Å². The van der Waals surface area contributed by atoms with Crippen LogP contribution in [0.3, 0.4) is 0 Å². The number of nitrogens with zero attached hydrogens (tertiary/aromatic N) is 2. The van der Waals surface area contributed by atoms with E-state index in [1.807, 2.05) is 6.07 Å². The van der Waals surface area contributed by atoms with Crippen LogP contribution in [0.5, 0.6) is 0 Å². The lowest BCUT2D eigenvalue weighted by Gasteiger charge is -2.26. The van der Waals surface area contributed by atoms with Crippen LogP contribution in [0.1, 0.15) is 6.42 Å². The standard InChI is InChI=1S/C18H17BrN2O4S2/c19-16-9-4-8-15-17(10-11-20-18(15)16)21(12-5-13-26(22)23)27(24,25)14-6-2-1-3-7-14/h1-4,6-11H,5,12-13H2,(H,22,23)/p-1. The summed E-state index contributed by atoms with van der Waals surface area (Å²) in [5.41, 5.74) is 1.09. The van der Waals surface area contributed by atoms with Crippen molar-refractivity contribution in [2.45, 2.75) is 11.3 Å². The number of anilines is 1. The number of aromatic nitrogens is 1. The first-order valence-corrected chi connectivity index (χ1v) is 11.6. The van der Waals surface area contributed by atoms with E-state index in [0.717, 1.165) is 4.47 Å². The van der Waals surface area contributed by atoms with Crippen molar-refractivity contribution in [1.82, 2.24) is 4.98 Å². The summed E-state index contributed by atoms with van der Waals surface area (Å²) in [6.07, 6.45) is 1.72. The molecule has 0 N–H and O–H groups in total. The number of hydrogen-bond acceptors (Lipinski definition) is 5. The first kappa shape index (κ1) is 19.9. The lowest BCUT2D eigenvalue weighted by Crippen LogP contribution is -2.33. The van der Waals surface area contributed by atoms with Gasteiger partial charge in [-0.15, -0.1) is 0 Å². The van der Waals surface area contributed by atoms with Gasteiger partial charge in [0.05, 0.1) is 16.1 Å². The maximum atomic E-state index is 13.3. The minimum absolute atomic E-state index is 0.0385. The van der Waals surface area contributed by atoms with Gasteiger partial charge in [-0.05, 0) is 46.6 Å². The Balaban J connectivity index is 2.14. The zero-order valence-corrected chi connectivity index (χ0v) is 17.3. The largest absolute Gasteiger partial charge is 0.772 e. The van der Waals surface area contributed by atoms with Gasteiger partial charge in [0.1, 0.15) is 0 Å². The third-order valence-corrected chi connectivity index (χ3v) is 7.06. The highest BCUT2D eigenvalue weighted by atomic mass is 79.9. The Bertz CT molecular complexity index is 1080. The van der Waals surface area contributed by atoms with E-state index in [0.29, 0.717) is 16.6 Å². The SMILES string of the molecule is O=S([O-])CCCN(c1ccnc2c(Br)cccc12)S(=O)(=O)c1ccccc1. The minimum atomic E-state index is -3.87. The molecule has 3 aromatic rings. The van der Waals surface area contributed by atoms with Crippen molar-refractivity contribution < 1.29 is 17.2 Å². The summed E-state index contributed by atoms with van der Waals surface area (Å²) in [5, 5.41) is 0.662. The van der Waals surface area contributed by atoms with Gasteiger partial charge in [0.15, 0.2) is 0 Å². The minimum Gasteiger partial charge on any atom is -0.772 e. The van der Waals surface area contributed by atoms with Crippen LogP contribution in [0.15, 0.2) is 70.2 Å². The van der Waals surface area contributed by atoms with Crippen LogP contribution in [0.4, 0.5) is 5.69 Å². The second-order valence-electron chi connectivity index (χ2n) is 5.72. The molecule has 0 saturated heterocycles. The molecule has 27 heavy (non-hydrogen) atoms. The third kappa shape index (κ3) is 4.37. The maximum Gasteiger partial charge on any atom is 0.264 e. The van der Waals surface area contributed by atoms with Gasteiger partial charge >= 0.3 is 0 Å². The maximum absolute atomic E-state index is 13.3. The van der Waals surface area contributed by atoms with Crippen molar-refractivity contribution in [3.63, 3.8) is 0 Å². The Kier molecular flexibility index (Phi) is 6.25. The Morgan fingerprint density at radius 3 is 2.52 bits per heavy atom. The van der Waals surface area contributed by atoms with Gasteiger partial charge < -0.3 is 4.55 Å². The zero-order valence-electron chi connectivity index (χ0n) is 14.1. The van der Waals surface area contributed by atoms with Crippen LogP contribution in [0.25, 0.3) is 10.9 Å². The molecule has 3 rings (SSSR count). The van der Waals surface area contributed by atoms with Crippen LogP contribution in [-0.2, 0) is 21.1 Å². The summed E-state index contributed by atoms with van der Waals surface area (Å²) in [4.78, 5) is 4.47. The molecule has 0 amide bonds. The number of rotatable bonds is 7. The molecule has 1 unspecified atom stereocenters. The van der Waals surface area contributed by atoms with Crippen molar-refractivity contribution in [3.8, 4) is 0 Å². The smallest absolute Gasteiger partial charge is 0.264 e. The van der Waals surface area contributed by atoms with Crippen LogP contribution < -0.4 is 4.31 Å². The summed E-state index contributed by atoms with van der Waals surface area (Å²) in [6.45, 7) is 0.0385. The van der Waals surface area contributed by atoms with E-state index in [4.69, 9.17) is 0 Å². The molecule has 0 aliphatic carbocycles. The molecule has 9 heteroatoms. The molecule has 2 aromatic carbocycles. The number of benzene rings is 2. The summed E-state index contributed by atoms with van der Waals surface area (Å²) >= 11 is 1.20. The van der Waals surface area contributed by atoms with Gasteiger partial charge in [0, 0.05) is 28.4 Å². The number of sulfonamides is 1. The number of halogens is 1. The highest BCUT2D eigenvalue weighted by Gasteiger charge is 2.26. The lowest BCUT2D eigenvalue weighted by molar-refractivity contribution is 0.534. The van der Waals surface area contributed by atoms with Crippen LogP contribution >= 0.6 is 15.9 Å². The van der Waals surface area contributed by atoms with E-state index in [2.05, 4.69) is 20.9 Å². The molecular weight excluding hydrogens is 452 g/mol. The van der Waals surface area contributed by atoms with Crippen molar-refractivity contribution in [1.29, 1.82) is 0 Å². The fourth-order valence-corrected chi connectivity index (χ4v) is 5.14. The van der Waals surface area contributed by atoms with Crippen molar-refractivity contribution in [3.05, 3.63) is 65.3 Å². The molecule has 0 spiro atoms. The average molecular weight is 468 g/mol. The van der Waals surface area contributed by atoms with Crippen LogP contribution in [0, 0.1) is 0 Å². The average Bonchev–Trinajstić information content (AvgIpc) is 2.66. The van der Waals surface area contributed by atoms with Gasteiger partial charge in [0.25, 0.3) is 10.0 Å². The van der Waals surface area contributed by atoms with E-state index in [9.17, 15) is 17.2 Å². The molecule has 6 nitrogen and oxygen atoms in total. The lowest BCUT2D eigenvalue weighted by atomic mass is 10.2. The van der Waals surface area contributed by atoms with E-state index < -0.39 is 21.1 Å². The van der Waals surface area contributed by atoms with Gasteiger partial charge in [-0.1, -0.05) is 41.4 Å². The first-order chi connectivity index (χ1) is 12.9. The second kappa shape index (κ2) is 8.47. The molecule has 142 valence electrons. The number of para-hydroxylation sites is 1. The van der Waals surface area contributed by atoms with E-state index in [1.54, 1.807) is 42.6 Å². The number of hydrogen-bond donors (Lipinski definition) is 0. The predicted octanol–water partition coefficient (Wildman–Crippen LogP) is 3.46. The van der Waals surface area contributed by atoms with Crippen molar-refractivity contribution in [2.75, 3.05) is 16.6 Å². The fraction of sp³-hybridized carbons (Fsp3) is 0.167. The highest BCUT2D eigenvalue weighted by Crippen LogP contribution is 2.33. The third-order valence-electron chi connectivity index (χ3n) is 3.97. The molecule has 0 saturated carbocycles. The number of fused-ring (bicyclic) bond motifs is 1. The second-order valence-corrected chi connectivity index (χ2v) is 9.45. The molecule has 0 radical (unpaired) electrons. The van der Waals surface area contributed by atoms with E-state index in [-0.39, 0.29) is 23.6 Å². The molecule has 1 atom stereocenters. The topological polar surface area (TPSA) is 90.4 Å². The Morgan fingerprint density at radius 1 is 1.07 bits per heavy atom. The molecular formula is C18H16BrN2O4S2-. The van der Waals surface area contributed by atoms with Gasteiger partial charge in [-0.2, -0.15) is 0 Å². The monoisotopic (exact) mass is 467 g/mol. The predicted molar refractivity (Wildman–Crippen MR) is 109 cm³/mol. The normalized spacial score (nSPS) is 12.8. The van der Waals surface area contributed by atoms with E-state index in [1.165, 1.54) is 16.4 Å². The van der Waals surface area contributed by atoms with Gasteiger partial charge in [0.2, 0.25) is 0 Å². The first-order valence-electron chi connectivity index (χ1n) is 8.08. The highest BCUT2D eigenvalue weighted by molar-refractivity contribution is 9.10. The van der Waals surface area contributed by atoms with Crippen LogP contribution in [0.2, 0.25) is 0 Å². The summed E-state index contributed by atoms with van der Waals surface area (Å²) in [5.74, 6) is -0.118. The summed E-state index contributed by atoms with van der Waals surface area (Å²) < 4.78 is 50.4. The van der Waals surface area contributed by atoms with Crippen LogP contribution in [-0.4, -0.2) is 34.5 Å². The Morgan fingerprint density at radius 2 is 1.81 bits per heavy atom. The molecule has 0 aliphatic rings. The molecule has 1 heterocycles. The molecule has 1 aromatic heterocycles. The molecule has 0 fully saturated rings. The summed E-state index contributed by atoms with van der Waals surface area (Å²) in [7, 11) is -3.87. The summed E-state index contributed by atoms with van der Waals surface area (Å²) in [6, 6.07) is 15.1. The molecule has 0 bridgehead atoms. The quantitative estimate of drug-likeness (QED) is 0.496. The van der Waals surface area contributed by atoms with Crippen molar-refractivity contribution in [2.24, 2.45) is 0 Å². The zero-order chi connectivity index (χ0) is 19.4.